The molecule has 5 rings (SSSR count). The van der Waals surface area contributed by atoms with E-state index in [1.165, 1.54) is 27.2 Å². The summed E-state index contributed by atoms with van der Waals surface area (Å²) in [6, 6.07) is 16.3. The van der Waals surface area contributed by atoms with Gasteiger partial charge in [-0.15, -0.1) is 22.7 Å². The summed E-state index contributed by atoms with van der Waals surface area (Å²) >= 11 is 3.04. The van der Waals surface area contributed by atoms with Crippen LogP contribution in [0.25, 0.3) is 9.40 Å². The van der Waals surface area contributed by atoms with E-state index in [4.69, 9.17) is 4.74 Å². The Morgan fingerprint density at radius 3 is 2.69 bits per heavy atom. The number of carboxylic acid groups (broad SMARTS) is 1. The zero-order valence-electron chi connectivity index (χ0n) is 16.7. The Labute approximate surface area is 191 Å². The fourth-order valence-corrected chi connectivity index (χ4v) is 5.76. The number of benzene rings is 1. The smallest absolute Gasteiger partial charge is 0.414 e. The first-order valence-corrected chi connectivity index (χ1v) is 11.5. The number of amides is 1. The highest BCUT2D eigenvalue weighted by atomic mass is 32.1. The number of thiophene rings is 2. The molecule has 0 bridgehead atoms. The molecular formula is C23H17N3O4S2. The van der Waals surface area contributed by atoms with Crippen molar-refractivity contribution < 1.29 is 19.4 Å². The second-order valence-corrected chi connectivity index (χ2v) is 9.55. The van der Waals surface area contributed by atoms with Crippen molar-refractivity contribution in [2.45, 2.75) is 24.9 Å². The highest BCUT2D eigenvalue weighted by Gasteiger charge is 2.53. The van der Waals surface area contributed by atoms with Gasteiger partial charge < -0.3 is 9.84 Å². The predicted molar refractivity (Wildman–Crippen MR) is 123 cm³/mol. The molecule has 160 valence electrons. The van der Waals surface area contributed by atoms with Crippen LogP contribution in [0.4, 0.5) is 10.7 Å². The third-order valence-electron chi connectivity index (χ3n) is 5.21. The average molecular weight is 464 g/mol. The van der Waals surface area contributed by atoms with Gasteiger partial charge in [-0.3, -0.25) is 10.1 Å². The zero-order chi connectivity index (χ0) is 22.1. The van der Waals surface area contributed by atoms with Crippen molar-refractivity contribution in [3.8, 4) is 12.0 Å². The average Bonchev–Trinajstić information content (AvgIpc) is 3.11. The summed E-state index contributed by atoms with van der Waals surface area (Å²) in [7, 11) is 0. The summed E-state index contributed by atoms with van der Waals surface area (Å²) in [6.07, 6.45) is 3.99. The quantitative estimate of drug-likeness (QED) is 0.412. The number of imidazole rings is 1. The Kier molecular flexibility index (Phi) is 5.17. The number of carbonyl (C=O) groups is 2. The molecule has 1 aromatic carbocycles. The molecule has 1 aliphatic carbocycles. The Morgan fingerprint density at radius 1 is 1.19 bits per heavy atom. The lowest BCUT2D eigenvalue weighted by Gasteiger charge is -2.06. The third-order valence-corrected chi connectivity index (χ3v) is 7.62. The minimum absolute atomic E-state index is 0.163. The Morgan fingerprint density at radius 2 is 1.97 bits per heavy atom. The lowest BCUT2D eigenvalue weighted by atomic mass is 10.1. The number of nitrogens with zero attached hydrogens (tertiary/aromatic N) is 2. The number of hydrogen-bond acceptors (Lipinski definition) is 6. The van der Waals surface area contributed by atoms with Gasteiger partial charge in [-0.25, -0.2) is 14.3 Å². The summed E-state index contributed by atoms with van der Waals surface area (Å²) in [6.45, 7) is 0.163. The molecule has 9 heteroatoms. The number of ether oxygens (including phenoxy) is 1. The van der Waals surface area contributed by atoms with Crippen LogP contribution in [0.15, 0.2) is 54.9 Å². The topological polar surface area (TPSA) is 93.5 Å². The SMILES string of the molecule is O=C(Nc1nccn1C#Cc1cc2sc(C3(C(=O)O)CC3)cc2s1)OCc1ccccc1. The molecule has 1 amide bonds. The molecule has 0 aliphatic heterocycles. The van der Waals surface area contributed by atoms with E-state index in [2.05, 4.69) is 22.3 Å². The van der Waals surface area contributed by atoms with Crippen molar-refractivity contribution in [1.82, 2.24) is 9.55 Å². The molecule has 2 N–H and O–H groups in total. The van der Waals surface area contributed by atoms with Gasteiger partial charge in [0.25, 0.3) is 0 Å². The summed E-state index contributed by atoms with van der Waals surface area (Å²) in [5.41, 5.74) is 0.212. The van der Waals surface area contributed by atoms with Crippen molar-refractivity contribution in [1.29, 1.82) is 0 Å². The van der Waals surface area contributed by atoms with Crippen molar-refractivity contribution in [2.75, 3.05) is 5.32 Å². The van der Waals surface area contributed by atoms with Gasteiger partial charge in [0.15, 0.2) is 0 Å². The second kappa shape index (κ2) is 8.15. The van der Waals surface area contributed by atoms with Gasteiger partial charge in [0.2, 0.25) is 5.95 Å². The van der Waals surface area contributed by atoms with Crippen LogP contribution in [-0.2, 0) is 21.6 Å². The van der Waals surface area contributed by atoms with Gasteiger partial charge in [-0.05, 0) is 36.5 Å². The number of hydrogen-bond donors (Lipinski definition) is 2. The minimum Gasteiger partial charge on any atom is -0.481 e. The number of aliphatic carboxylic acids is 1. The van der Waals surface area contributed by atoms with Crippen molar-refractivity contribution in [2.24, 2.45) is 0 Å². The number of carbonyl (C=O) groups excluding carboxylic acids is 1. The molecule has 0 unspecified atom stereocenters. The first-order chi connectivity index (χ1) is 15.5. The maximum absolute atomic E-state index is 12.1. The van der Waals surface area contributed by atoms with Gasteiger partial charge in [0, 0.05) is 32.7 Å². The highest BCUT2D eigenvalue weighted by Crippen LogP contribution is 2.52. The predicted octanol–water partition coefficient (Wildman–Crippen LogP) is 4.88. The molecule has 1 saturated carbocycles. The van der Waals surface area contributed by atoms with Crippen molar-refractivity contribution in [3.05, 3.63) is 70.2 Å². The monoisotopic (exact) mass is 463 g/mol. The summed E-state index contributed by atoms with van der Waals surface area (Å²) in [5, 5.41) is 12.1. The molecule has 3 heterocycles. The molecule has 7 nitrogen and oxygen atoms in total. The molecular weight excluding hydrogens is 446 g/mol. The van der Waals surface area contributed by atoms with Crippen molar-refractivity contribution in [3.63, 3.8) is 0 Å². The summed E-state index contributed by atoms with van der Waals surface area (Å²) < 4.78 is 8.81. The Balaban J connectivity index is 1.26. The van der Waals surface area contributed by atoms with Crippen LogP contribution in [0, 0.1) is 12.0 Å². The van der Waals surface area contributed by atoms with Gasteiger partial charge in [0.05, 0.1) is 4.88 Å². The first-order valence-electron chi connectivity index (χ1n) is 9.84. The lowest BCUT2D eigenvalue weighted by Crippen LogP contribution is -2.17. The van der Waals surface area contributed by atoms with E-state index in [9.17, 15) is 14.7 Å². The zero-order valence-corrected chi connectivity index (χ0v) is 18.3. The van der Waals surface area contributed by atoms with E-state index in [1.807, 2.05) is 42.5 Å². The number of fused-ring (bicyclic) bond motifs is 1. The fourth-order valence-electron chi connectivity index (χ4n) is 3.28. The summed E-state index contributed by atoms with van der Waals surface area (Å²) in [5.74, 6) is 2.61. The molecule has 0 spiro atoms. The maximum atomic E-state index is 12.1. The van der Waals surface area contributed by atoms with Gasteiger partial charge >= 0.3 is 12.1 Å². The van der Waals surface area contributed by atoms with E-state index in [0.29, 0.717) is 12.8 Å². The molecule has 0 radical (unpaired) electrons. The van der Waals surface area contributed by atoms with E-state index >= 15 is 0 Å². The standard InChI is InChI=1S/C23H17N3O4S2/c27-20(28)23(7-8-23)19-13-18-17(32-19)12-16(31-18)6-10-26-11-9-24-21(26)25-22(29)30-14-15-4-2-1-3-5-15/h1-5,9,11-13H,7-8,14H2,(H,27,28)(H,24,25,29). The van der Waals surface area contributed by atoms with Gasteiger partial charge in [-0.1, -0.05) is 30.3 Å². The fraction of sp³-hybridized carbons (Fsp3) is 0.174. The minimum atomic E-state index is -0.742. The third kappa shape index (κ3) is 3.98. The normalized spacial score (nSPS) is 13.9. The van der Waals surface area contributed by atoms with Crippen LogP contribution >= 0.6 is 22.7 Å². The number of anilines is 1. The van der Waals surface area contributed by atoms with E-state index in [0.717, 1.165) is 24.7 Å². The number of nitrogens with one attached hydrogen (secondary N) is 1. The van der Waals surface area contributed by atoms with Crippen LogP contribution in [-0.4, -0.2) is 26.7 Å². The Hall–Kier alpha value is -3.61. The number of aromatic nitrogens is 2. The Bertz CT molecular complexity index is 1340. The summed E-state index contributed by atoms with van der Waals surface area (Å²) in [4.78, 5) is 29.5. The number of rotatable bonds is 5. The van der Waals surface area contributed by atoms with Gasteiger partial charge in [0.1, 0.15) is 12.0 Å². The first kappa shape index (κ1) is 20.3. The molecule has 4 aromatic rings. The van der Waals surface area contributed by atoms with Gasteiger partial charge in [-0.2, -0.15) is 0 Å². The maximum Gasteiger partial charge on any atom is 0.414 e. The molecule has 1 fully saturated rings. The molecule has 0 atom stereocenters. The van der Waals surface area contributed by atoms with E-state index < -0.39 is 17.5 Å². The van der Waals surface area contributed by atoms with Crippen LogP contribution in [0.3, 0.4) is 0 Å². The van der Waals surface area contributed by atoms with Crippen LogP contribution < -0.4 is 5.32 Å². The van der Waals surface area contributed by atoms with E-state index in [1.54, 1.807) is 12.4 Å². The largest absolute Gasteiger partial charge is 0.481 e. The van der Waals surface area contributed by atoms with Crippen molar-refractivity contribution >= 4 is 50.1 Å². The lowest BCUT2D eigenvalue weighted by molar-refractivity contribution is -0.139. The highest BCUT2D eigenvalue weighted by molar-refractivity contribution is 7.28. The molecule has 0 saturated heterocycles. The van der Waals surface area contributed by atoms with E-state index in [-0.39, 0.29) is 12.6 Å². The molecule has 1 aliphatic rings. The molecule has 32 heavy (non-hydrogen) atoms. The molecule has 3 aromatic heterocycles. The van der Waals surface area contributed by atoms with Crippen LogP contribution in [0.2, 0.25) is 0 Å². The van der Waals surface area contributed by atoms with Crippen LogP contribution in [0.1, 0.15) is 28.2 Å². The second-order valence-electron chi connectivity index (χ2n) is 7.38. The van der Waals surface area contributed by atoms with Crippen LogP contribution in [0.5, 0.6) is 0 Å². The number of carboxylic acids is 1.